The van der Waals surface area contributed by atoms with Gasteiger partial charge in [-0.15, -0.1) is 0 Å². The summed E-state index contributed by atoms with van der Waals surface area (Å²) in [7, 11) is -5.23. The molecule has 1 heterocycles. The maximum absolute atomic E-state index is 10.1. The van der Waals surface area contributed by atoms with Gasteiger partial charge in [-0.25, -0.2) is 0 Å². The summed E-state index contributed by atoms with van der Waals surface area (Å²) in [5.41, 5.74) is 0. The fourth-order valence-corrected chi connectivity index (χ4v) is 1.63. The number of phosphoric acid groups is 1. The quantitative estimate of drug-likeness (QED) is 0.291. The van der Waals surface area contributed by atoms with E-state index in [0.717, 1.165) is 0 Å². The number of phosphoric ester groups is 1. The Morgan fingerprint density at radius 2 is 1.83 bits per heavy atom. The zero-order chi connectivity index (χ0) is 12.6. The van der Waals surface area contributed by atoms with Gasteiger partial charge in [0.05, 0.1) is 21.0 Å². The molecular weight excluding hydrogens is 305 g/mol. The molecule has 0 aromatic rings. The minimum absolute atomic E-state index is 0. The molecule has 1 fully saturated rings. The molecule has 12 heteroatoms. The predicted molar refractivity (Wildman–Crippen MR) is 42.5 cm³/mol. The summed E-state index contributed by atoms with van der Waals surface area (Å²) in [6.07, 6.45) is -4.93. The maximum atomic E-state index is 10.1. The standard InChI is InChI=1S/C6H13O9P.2Na/c7-2-6(10)5(9)4(8)3(15-6)1-14-16(11,12)13;;/h3-5,7-10H,1-2H2,(H2,11,12,13);;/q;2*+1/p-2/t3-,4-,5+,6-;;/m1../s1/i1+2,2+2,3+2,4+2,5+2,6+2;;. The van der Waals surface area contributed by atoms with Crippen molar-refractivity contribution in [3.63, 3.8) is 0 Å². The molecule has 0 aromatic carbocycles. The minimum Gasteiger partial charge on any atom is -0.790 e. The van der Waals surface area contributed by atoms with Crippen LogP contribution in [0.4, 0.5) is 0 Å². The smallest absolute Gasteiger partial charge is 0.790 e. The van der Waals surface area contributed by atoms with Crippen LogP contribution >= 0.6 is 7.82 Å². The molecule has 4 N–H and O–H groups in total. The van der Waals surface area contributed by atoms with Gasteiger partial charge in [0.1, 0.15) is 18.3 Å². The molecule has 0 aromatic heterocycles. The first kappa shape index (κ1) is 22.2. The van der Waals surface area contributed by atoms with E-state index in [1.165, 1.54) is 0 Å². The van der Waals surface area contributed by atoms with E-state index in [4.69, 9.17) is 5.11 Å². The van der Waals surface area contributed by atoms with Crippen molar-refractivity contribution in [1.82, 2.24) is 0 Å². The van der Waals surface area contributed by atoms with Gasteiger partial charge in [0.15, 0.2) is 0 Å². The van der Waals surface area contributed by atoms with Crippen LogP contribution in [0.1, 0.15) is 0 Å². The van der Waals surface area contributed by atoms with Gasteiger partial charge >= 0.3 is 59.1 Å². The van der Waals surface area contributed by atoms with Crippen LogP contribution in [0.5, 0.6) is 0 Å². The SMILES string of the molecule is O=P([O-])([O-])O[14CH2][14C@H]1O[14C@](O)([14CH2]O)[14C@@H](O)[14C@@H]1O.[Na+].[Na+]. The second-order valence-electron chi connectivity index (χ2n) is 3.34. The molecule has 1 aliphatic rings. The Kier molecular flexibility index (Phi) is 10.3. The Morgan fingerprint density at radius 3 is 2.17 bits per heavy atom. The van der Waals surface area contributed by atoms with E-state index in [2.05, 4.69) is 9.26 Å². The third-order valence-electron chi connectivity index (χ3n) is 2.15. The summed E-state index contributed by atoms with van der Waals surface area (Å²) in [6.45, 7) is -1.86. The van der Waals surface area contributed by atoms with E-state index in [-0.39, 0.29) is 59.1 Å². The number of ether oxygens (including phenoxy) is 1. The van der Waals surface area contributed by atoms with Crippen molar-refractivity contribution in [1.29, 1.82) is 0 Å². The molecule has 1 rings (SSSR count). The van der Waals surface area contributed by atoms with E-state index in [9.17, 15) is 29.7 Å². The van der Waals surface area contributed by atoms with Gasteiger partial charge in [-0.05, 0) is 0 Å². The number of rotatable bonds is 4. The minimum atomic E-state index is -5.23. The van der Waals surface area contributed by atoms with Crippen molar-refractivity contribution in [2.75, 3.05) is 13.2 Å². The normalized spacial score (nSPS) is 35.8. The van der Waals surface area contributed by atoms with Gasteiger partial charge in [-0.2, -0.15) is 0 Å². The van der Waals surface area contributed by atoms with E-state index in [1.807, 2.05) is 0 Å². The molecule has 0 unspecified atom stereocenters. The molecule has 1 aliphatic heterocycles. The number of aliphatic hydroxyl groups is 4. The Labute approximate surface area is 147 Å². The molecule has 0 saturated carbocycles. The van der Waals surface area contributed by atoms with Crippen LogP contribution < -0.4 is 68.9 Å². The van der Waals surface area contributed by atoms with Crippen molar-refractivity contribution in [2.24, 2.45) is 0 Å². The third kappa shape index (κ3) is 5.72. The molecule has 1 saturated heterocycles. The van der Waals surface area contributed by atoms with Gasteiger partial charge in [-0.1, -0.05) is 0 Å². The molecular formula is C6H11Na2O9P. The molecule has 96 valence electrons. The van der Waals surface area contributed by atoms with Crippen LogP contribution in [0.2, 0.25) is 0 Å². The first-order valence-corrected chi connectivity index (χ1v) is 5.69. The first-order valence-electron chi connectivity index (χ1n) is 4.23. The molecule has 0 aliphatic carbocycles. The molecule has 4 atom stereocenters. The van der Waals surface area contributed by atoms with E-state index in [1.54, 1.807) is 0 Å². The summed E-state index contributed by atoms with van der Waals surface area (Å²) in [5.74, 6) is -2.40. The molecule has 0 amide bonds. The van der Waals surface area contributed by atoms with Crippen LogP contribution in [0.3, 0.4) is 0 Å². The number of hydrogen-bond donors (Lipinski definition) is 4. The monoisotopic (exact) mass is 316 g/mol. The number of hydrogen-bond acceptors (Lipinski definition) is 9. The summed E-state index contributed by atoms with van der Waals surface area (Å²) < 4.78 is 18.6. The molecule has 0 radical (unpaired) electrons. The average Bonchev–Trinajstić information content (AvgIpc) is 2.40. The van der Waals surface area contributed by atoms with E-state index in [0.29, 0.717) is 0 Å². The molecule has 0 bridgehead atoms. The second kappa shape index (κ2) is 8.38. The van der Waals surface area contributed by atoms with E-state index < -0.39 is 45.1 Å². The fraction of sp³-hybridized carbons (Fsp3) is 1.00. The average molecular weight is 316 g/mol. The van der Waals surface area contributed by atoms with Crippen LogP contribution in [0.25, 0.3) is 0 Å². The molecule has 9 nitrogen and oxygen atoms in total. The Morgan fingerprint density at radius 1 is 1.33 bits per heavy atom. The maximum Gasteiger partial charge on any atom is 1.00 e. The number of aliphatic hydroxyl groups excluding tert-OH is 3. The van der Waals surface area contributed by atoms with Gasteiger partial charge < -0.3 is 44.0 Å². The van der Waals surface area contributed by atoms with Crippen molar-refractivity contribution >= 4 is 7.82 Å². The first-order chi connectivity index (χ1) is 7.19. The van der Waals surface area contributed by atoms with Crippen molar-refractivity contribution in [3.8, 4) is 0 Å². The fourth-order valence-electron chi connectivity index (χ4n) is 1.30. The second-order valence-corrected chi connectivity index (χ2v) is 4.49. The summed E-state index contributed by atoms with van der Waals surface area (Å²) >= 11 is 0. The molecule has 18 heavy (non-hydrogen) atoms. The predicted octanol–water partition coefficient (Wildman–Crippen LogP) is -10.4. The largest absolute Gasteiger partial charge is 1.00 e. The summed E-state index contributed by atoms with van der Waals surface area (Å²) in [4.78, 5) is 20.3. The van der Waals surface area contributed by atoms with E-state index >= 15 is 0 Å². The Hall–Kier alpha value is 1.91. The van der Waals surface area contributed by atoms with Crippen LogP contribution in [0.15, 0.2) is 0 Å². The zero-order valence-corrected chi connectivity index (χ0v) is 14.8. The topological polar surface area (TPSA) is 163 Å². The molecule has 0 spiro atoms. The third-order valence-corrected chi connectivity index (χ3v) is 2.61. The summed E-state index contributed by atoms with van der Waals surface area (Å²) in [5, 5.41) is 36.6. The Balaban J connectivity index is 0. The van der Waals surface area contributed by atoms with Gasteiger partial charge in [0.2, 0.25) is 5.79 Å². The zero-order valence-electron chi connectivity index (χ0n) is 9.92. The van der Waals surface area contributed by atoms with Gasteiger partial charge in [0.25, 0.3) is 0 Å². The van der Waals surface area contributed by atoms with Crippen molar-refractivity contribution in [2.45, 2.75) is 24.1 Å². The Bertz CT molecular complexity index is 299. The van der Waals surface area contributed by atoms with Crippen molar-refractivity contribution in [3.05, 3.63) is 0 Å². The van der Waals surface area contributed by atoms with Crippen LogP contribution in [0, 0.1) is 0 Å². The summed E-state index contributed by atoms with van der Waals surface area (Å²) in [6, 6.07) is 0. The van der Waals surface area contributed by atoms with Crippen LogP contribution in [-0.4, -0.2) is 57.7 Å². The van der Waals surface area contributed by atoms with Gasteiger partial charge in [0, 0.05) is 0 Å². The van der Waals surface area contributed by atoms with Gasteiger partial charge in [-0.3, -0.25) is 0 Å². The van der Waals surface area contributed by atoms with Crippen LogP contribution in [-0.2, 0) is 13.8 Å². The van der Waals surface area contributed by atoms with Crippen molar-refractivity contribution < 1.29 is 103 Å².